The second kappa shape index (κ2) is 17.6. The zero-order valence-electron chi connectivity index (χ0n) is 20.6. The summed E-state index contributed by atoms with van der Waals surface area (Å²) in [5.41, 5.74) is 11.5. The molecule has 0 saturated heterocycles. The summed E-state index contributed by atoms with van der Waals surface area (Å²) in [6.45, 7) is 4.61. The molecule has 0 saturated carbocycles. The zero-order valence-corrected chi connectivity index (χ0v) is 22.3. The van der Waals surface area contributed by atoms with Crippen LogP contribution in [0.5, 0.6) is 11.5 Å². The van der Waals surface area contributed by atoms with E-state index in [-0.39, 0.29) is 16.8 Å². The highest BCUT2D eigenvalue weighted by Crippen LogP contribution is 2.33. The smallest absolute Gasteiger partial charge is 0.321 e. The Morgan fingerprint density at radius 3 is 2.17 bits per heavy atom. The summed E-state index contributed by atoms with van der Waals surface area (Å²) in [6.07, 6.45) is 8.32. The average molecular weight is 533 g/mol. The Morgan fingerprint density at radius 1 is 1.00 bits per heavy atom. The van der Waals surface area contributed by atoms with Crippen molar-refractivity contribution in [3.05, 3.63) is 23.8 Å². The van der Waals surface area contributed by atoms with E-state index < -0.39 is 34.8 Å². The van der Waals surface area contributed by atoms with Crippen LogP contribution in [0.2, 0.25) is 0 Å². The normalized spacial score (nSPS) is 15.4. The number of carboxylic acids is 2. The Bertz CT molecular complexity index is 790. The third-order valence-corrected chi connectivity index (χ3v) is 8.28. The molecule has 0 aliphatic carbocycles. The summed E-state index contributed by atoms with van der Waals surface area (Å²) in [6, 6.07) is 4.07. The Morgan fingerprint density at radius 2 is 1.57 bits per heavy atom. The SMILES string of the molecule is CCCCCCCCS(=O)C(C)Cc1ccc2c(c1)OCO2.NC(CSCC(N)C(=O)O)C(=O)O. The lowest BCUT2D eigenvalue weighted by molar-refractivity contribution is -0.138. The number of unbranched alkanes of at least 4 members (excludes halogenated alkanes) is 5. The number of rotatable bonds is 16. The minimum Gasteiger partial charge on any atom is -0.480 e. The lowest BCUT2D eigenvalue weighted by Crippen LogP contribution is -2.36. The van der Waals surface area contributed by atoms with E-state index in [1.807, 2.05) is 18.2 Å². The minimum absolute atomic E-state index is 0.163. The van der Waals surface area contributed by atoms with Crippen molar-refractivity contribution in [2.75, 3.05) is 24.1 Å². The standard InChI is InChI=1S/C18H28O3S.C6H12N2O4S/c1-3-4-5-6-7-8-11-22(19)15(2)12-16-9-10-17-18(13-16)21-14-20-17;7-3(5(9)10)1-13-2-4(8)6(11)12/h9-10,13,15H,3-8,11-12,14H2,1-2H3;3-4H,1-2,7-8H2,(H,9,10)(H,11,12). The fraction of sp³-hybridized carbons (Fsp3) is 0.667. The predicted octanol–water partition coefficient (Wildman–Crippen LogP) is 3.00. The van der Waals surface area contributed by atoms with Crippen molar-refractivity contribution >= 4 is 34.5 Å². The molecule has 0 fully saturated rings. The molecular formula is C24H40N2O7S2. The van der Waals surface area contributed by atoms with Gasteiger partial charge in [0.1, 0.15) is 12.1 Å². The van der Waals surface area contributed by atoms with E-state index in [0.29, 0.717) is 6.79 Å². The number of aliphatic carboxylic acids is 2. The van der Waals surface area contributed by atoms with Crippen LogP contribution in [0.15, 0.2) is 18.2 Å². The first-order valence-electron chi connectivity index (χ1n) is 12.0. The Kier molecular flexibility index (Phi) is 15.7. The molecule has 0 spiro atoms. The molecule has 0 bridgehead atoms. The van der Waals surface area contributed by atoms with Crippen LogP contribution in [0.3, 0.4) is 0 Å². The number of benzene rings is 1. The number of thioether (sulfide) groups is 1. The molecule has 0 amide bonds. The maximum Gasteiger partial charge on any atom is 0.321 e. The molecule has 11 heteroatoms. The van der Waals surface area contributed by atoms with Gasteiger partial charge in [-0.25, -0.2) is 0 Å². The molecule has 9 nitrogen and oxygen atoms in total. The van der Waals surface area contributed by atoms with Gasteiger partial charge in [-0.05, 0) is 30.5 Å². The largest absolute Gasteiger partial charge is 0.480 e. The molecule has 1 aliphatic rings. The first kappa shape index (κ1) is 31.2. The second-order valence-electron chi connectivity index (χ2n) is 8.48. The molecule has 1 aromatic carbocycles. The molecule has 200 valence electrons. The Labute approximate surface area is 214 Å². The molecule has 4 unspecified atom stereocenters. The molecule has 1 aliphatic heterocycles. The topological polar surface area (TPSA) is 162 Å². The van der Waals surface area contributed by atoms with E-state index in [2.05, 4.69) is 13.8 Å². The second-order valence-corrected chi connectivity index (χ2v) is 11.5. The first-order valence-corrected chi connectivity index (χ1v) is 14.5. The summed E-state index contributed by atoms with van der Waals surface area (Å²) in [4.78, 5) is 20.4. The van der Waals surface area contributed by atoms with E-state index >= 15 is 0 Å². The molecule has 4 atom stereocenters. The van der Waals surface area contributed by atoms with Crippen molar-refractivity contribution in [2.45, 2.75) is 76.1 Å². The highest BCUT2D eigenvalue weighted by atomic mass is 32.2. The van der Waals surface area contributed by atoms with Gasteiger partial charge in [0.15, 0.2) is 11.5 Å². The van der Waals surface area contributed by atoms with Crippen LogP contribution in [0.25, 0.3) is 0 Å². The lowest BCUT2D eigenvalue weighted by atomic mass is 10.1. The van der Waals surface area contributed by atoms with E-state index in [9.17, 15) is 13.8 Å². The molecule has 35 heavy (non-hydrogen) atoms. The number of nitrogens with two attached hydrogens (primary N) is 2. The van der Waals surface area contributed by atoms with Gasteiger partial charge in [-0.3, -0.25) is 13.8 Å². The molecule has 1 aromatic rings. The minimum atomic E-state index is -1.10. The van der Waals surface area contributed by atoms with E-state index in [1.165, 1.54) is 37.7 Å². The highest BCUT2D eigenvalue weighted by molar-refractivity contribution is 7.99. The van der Waals surface area contributed by atoms with Crippen molar-refractivity contribution in [2.24, 2.45) is 11.5 Å². The van der Waals surface area contributed by atoms with Crippen LogP contribution in [-0.2, 0) is 26.8 Å². The molecular weight excluding hydrogens is 492 g/mol. The zero-order chi connectivity index (χ0) is 26.2. The number of carboxylic acid groups (broad SMARTS) is 2. The number of hydrogen-bond donors (Lipinski definition) is 4. The number of ether oxygens (including phenoxy) is 2. The van der Waals surface area contributed by atoms with E-state index in [1.54, 1.807) is 0 Å². The van der Waals surface area contributed by atoms with Gasteiger partial charge in [-0.2, -0.15) is 11.8 Å². The number of fused-ring (bicyclic) bond motifs is 1. The average Bonchev–Trinajstić information content (AvgIpc) is 3.29. The highest BCUT2D eigenvalue weighted by Gasteiger charge is 2.17. The van der Waals surface area contributed by atoms with Crippen LogP contribution in [0.4, 0.5) is 0 Å². The fourth-order valence-electron chi connectivity index (χ4n) is 3.18. The number of carbonyl (C=O) groups is 2. The van der Waals surface area contributed by atoms with Crippen LogP contribution in [0, 0.1) is 0 Å². The number of hydrogen-bond acceptors (Lipinski definition) is 8. The summed E-state index contributed by atoms with van der Waals surface area (Å²) >= 11 is 1.11. The van der Waals surface area contributed by atoms with Gasteiger partial charge >= 0.3 is 11.9 Å². The third kappa shape index (κ3) is 13.2. The predicted molar refractivity (Wildman–Crippen MR) is 141 cm³/mol. The van der Waals surface area contributed by atoms with Crippen LogP contribution >= 0.6 is 11.8 Å². The van der Waals surface area contributed by atoms with Gasteiger partial charge in [0.2, 0.25) is 6.79 Å². The summed E-state index contributed by atoms with van der Waals surface area (Å²) < 4.78 is 23.0. The summed E-state index contributed by atoms with van der Waals surface area (Å²) in [5.74, 6) is 0.577. The van der Waals surface area contributed by atoms with Crippen LogP contribution in [0.1, 0.15) is 57.9 Å². The van der Waals surface area contributed by atoms with E-state index in [4.69, 9.17) is 31.2 Å². The van der Waals surface area contributed by atoms with Gasteiger partial charge < -0.3 is 31.2 Å². The van der Waals surface area contributed by atoms with E-state index in [0.717, 1.165) is 41.9 Å². The third-order valence-electron chi connectivity index (χ3n) is 5.34. The van der Waals surface area contributed by atoms with Crippen LogP contribution in [-0.4, -0.2) is 67.7 Å². The quantitative estimate of drug-likeness (QED) is 0.233. The van der Waals surface area contributed by atoms with Crippen molar-refractivity contribution in [3.63, 3.8) is 0 Å². The lowest BCUT2D eigenvalue weighted by Gasteiger charge is -2.12. The van der Waals surface area contributed by atoms with Crippen molar-refractivity contribution in [1.82, 2.24) is 0 Å². The molecule has 2 rings (SSSR count). The van der Waals surface area contributed by atoms with Crippen molar-refractivity contribution in [3.8, 4) is 11.5 Å². The molecule has 0 radical (unpaired) electrons. The van der Waals surface area contributed by atoms with Gasteiger partial charge in [0, 0.05) is 33.3 Å². The van der Waals surface area contributed by atoms with Gasteiger partial charge in [-0.1, -0.05) is 52.0 Å². The monoisotopic (exact) mass is 532 g/mol. The van der Waals surface area contributed by atoms with Crippen molar-refractivity contribution < 1.29 is 33.5 Å². The maximum absolute atomic E-state index is 12.3. The summed E-state index contributed by atoms with van der Waals surface area (Å²) in [7, 11) is -0.743. The van der Waals surface area contributed by atoms with Crippen molar-refractivity contribution in [1.29, 1.82) is 0 Å². The summed E-state index contributed by atoms with van der Waals surface area (Å²) in [5, 5.41) is 16.9. The fourth-order valence-corrected chi connectivity index (χ4v) is 5.38. The first-order chi connectivity index (χ1) is 16.6. The maximum atomic E-state index is 12.3. The molecule has 6 N–H and O–H groups in total. The molecule has 0 aromatic heterocycles. The van der Waals surface area contributed by atoms with Gasteiger partial charge in [0.25, 0.3) is 0 Å². The Hall–Kier alpha value is -1.82. The molecule has 1 heterocycles. The van der Waals surface area contributed by atoms with Crippen LogP contribution < -0.4 is 20.9 Å². The Balaban J connectivity index is 0.000000405. The van der Waals surface area contributed by atoms with Gasteiger partial charge in [-0.15, -0.1) is 0 Å². The van der Waals surface area contributed by atoms with Gasteiger partial charge in [0.05, 0.1) is 0 Å².